The predicted octanol–water partition coefficient (Wildman–Crippen LogP) is 0.0462. The summed E-state index contributed by atoms with van der Waals surface area (Å²) in [6, 6.07) is -1.45. The second kappa shape index (κ2) is 7.53. The van der Waals surface area contributed by atoms with Crippen molar-refractivity contribution in [3.8, 4) is 0 Å². The van der Waals surface area contributed by atoms with Crippen LogP contribution in [0.5, 0.6) is 0 Å². The van der Waals surface area contributed by atoms with E-state index in [1.165, 1.54) is 0 Å². The van der Waals surface area contributed by atoms with E-state index in [2.05, 4.69) is 5.32 Å². The minimum Gasteiger partial charge on any atom is -0.480 e. The number of amides is 1. The fourth-order valence-electron chi connectivity index (χ4n) is 0.957. The first-order valence-electron chi connectivity index (χ1n) is 4.80. The first-order chi connectivity index (χ1) is 7.02. The van der Waals surface area contributed by atoms with Crippen molar-refractivity contribution in [2.24, 2.45) is 5.73 Å². The number of aliphatic carboxylic acids is 1. The molecule has 15 heavy (non-hydrogen) atoms. The number of hydrogen-bond acceptors (Lipinski definition) is 4. The number of nitrogens with one attached hydrogen (secondary N) is 1. The number of rotatable bonds is 7. The fraction of sp³-hybridized carbons (Fsp3) is 0.778. The van der Waals surface area contributed by atoms with Crippen LogP contribution in [0, 0.1) is 0 Å². The number of nitrogens with two attached hydrogens (primary N) is 1. The Morgan fingerprint density at radius 2 is 2.13 bits per heavy atom. The number of carbonyl (C=O) groups excluding carboxylic acids is 1. The van der Waals surface area contributed by atoms with Crippen molar-refractivity contribution < 1.29 is 14.7 Å². The molecule has 0 fully saturated rings. The highest BCUT2D eigenvalue weighted by Gasteiger charge is 2.21. The van der Waals surface area contributed by atoms with Gasteiger partial charge in [0.05, 0.1) is 6.04 Å². The first-order valence-corrected chi connectivity index (χ1v) is 6.20. The van der Waals surface area contributed by atoms with Crippen molar-refractivity contribution >= 4 is 23.6 Å². The number of carboxylic acids is 1. The van der Waals surface area contributed by atoms with E-state index < -0.39 is 24.0 Å². The molecule has 5 nitrogen and oxygen atoms in total. The van der Waals surface area contributed by atoms with Crippen molar-refractivity contribution in [2.75, 3.05) is 12.0 Å². The molecule has 0 radical (unpaired) electrons. The van der Waals surface area contributed by atoms with Crippen LogP contribution in [0.15, 0.2) is 0 Å². The lowest BCUT2D eigenvalue weighted by molar-refractivity contribution is -0.142. The zero-order chi connectivity index (χ0) is 11.8. The standard InChI is InChI=1S/C9H18N2O3S/c1-3-6(10)8(12)11-7(9(13)14)4-5-15-2/h6-7H,3-5,10H2,1-2H3,(H,11,12)(H,13,14)/t6-,7-/m0/s1. The Kier molecular flexibility index (Phi) is 7.15. The quantitative estimate of drug-likeness (QED) is 0.578. The molecule has 2 atom stereocenters. The van der Waals surface area contributed by atoms with Gasteiger partial charge in [0.1, 0.15) is 6.04 Å². The third-order valence-electron chi connectivity index (χ3n) is 2.00. The average Bonchev–Trinajstić information content (AvgIpc) is 2.22. The minimum atomic E-state index is -1.01. The van der Waals surface area contributed by atoms with E-state index in [1.807, 2.05) is 6.26 Å². The summed E-state index contributed by atoms with van der Waals surface area (Å²) in [6.45, 7) is 1.78. The highest BCUT2D eigenvalue weighted by molar-refractivity contribution is 7.98. The van der Waals surface area contributed by atoms with Crippen LogP contribution in [0.4, 0.5) is 0 Å². The lowest BCUT2D eigenvalue weighted by atomic mass is 10.2. The Balaban J connectivity index is 4.16. The van der Waals surface area contributed by atoms with E-state index in [1.54, 1.807) is 18.7 Å². The van der Waals surface area contributed by atoms with Gasteiger partial charge in [-0.3, -0.25) is 4.79 Å². The normalized spacial score (nSPS) is 14.3. The molecule has 0 aliphatic carbocycles. The van der Waals surface area contributed by atoms with Crippen LogP contribution in [-0.2, 0) is 9.59 Å². The maximum absolute atomic E-state index is 11.3. The van der Waals surface area contributed by atoms with Gasteiger partial charge < -0.3 is 16.2 Å². The van der Waals surface area contributed by atoms with E-state index in [-0.39, 0.29) is 0 Å². The van der Waals surface area contributed by atoms with Crippen LogP contribution in [0.1, 0.15) is 19.8 Å². The van der Waals surface area contributed by atoms with Crippen molar-refractivity contribution in [3.63, 3.8) is 0 Å². The molecule has 88 valence electrons. The SMILES string of the molecule is CC[C@H](N)C(=O)N[C@@H](CCSC)C(=O)O. The summed E-state index contributed by atoms with van der Waals surface area (Å²) in [5.74, 6) is -0.717. The van der Waals surface area contributed by atoms with E-state index >= 15 is 0 Å². The molecule has 6 heteroatoms. The van der Waals surface area contributed by atoms with Gasteiger partial charge in [-0.2, -0.15) is 11.8 Å². The van der Waals surface area contributed by atoms with Gasteiger partial charge in [-0.1, -0.05) is 6.92 Å². The van der Waals surface area contributed by atoms with Crippen LogP contribution < -0.4 is 11.1 Å². The summed E-state index contributed by atoms with van der Waals surface area (Å²) in [7, 11) is 0. The van der Waals surface area contributed by atoms with Gasteiger partial charge in [-0.25, -0.2) is 4.79 Å². The molecule has 0 heterocycles. The molecule has 1 amide bonds. The third kappa shape index (κ3) is 5.64. The van der Waals surface area contributed by atoms with Gasteiger partial charge in [0.15, 0.2) is 0 Å². The Bertz CT molecular complexity index is 223. The van der Waals surface area contributed by atoms with Crippen molar-refractivity contribution in [1.82, 2.24) is 5.32 Å². The molecular weight excluding hydrogens is 216 g/mol. The third-order valence-corrected chi connectivity index (χ3v) is 2.65. The van der Waals surface area contributed by atoms with Gasteiger partial charge in [0.2, 0.25) is 5.91 Å². The lowest BCUT2D eigenvalue weighted by Crippen LogP contribution is -2.48. The molecule has 0 aliphatic rings. The predicted molar refractivity (Wildman–Crippen MR) is 60.8 cm³/mol. The second-order valence-electron chi connectivity index (χ2n) is 3.20. The molecule has 0 aliphatic heterocycles. The number of carbonyl (C=O) groups is 2. The van der Waals surface area contributed by atoms with Gasteiger partial charge in [0.25, 0.3) is 0 Å². The van der Waals surface area contributed by atoms with Crippen LogP contribution >= 0.6 is 11.8 Å². The zero-order valence-electron chi connectivity index (χ0n) is 9.03. The Morgan fingerprint density at radius 1 is 1.53 bits per heavy atom. The minimum absolute atomic E-state index is 0.397. The van der Waals surface area contributed by atoms with Gasteiger partial charge in [-0.15, -0.1) is 0 Å². The number of thioether (sulfide) groups is 1. The molecule has 0 aromatic rings. The molecule has 0 rings (SSSR count). The molecule has 0 saturated carbocycles. The molecular formula is C9H18N2O3S. The zero-order valence-corrected chi connectivity index (χ0v) is 9.84. The number of carboxylic acid groups (broad SMARTS) is 1. The molecule has 0 saturated heterocycles. The maximum atomic E-state index is 11.3. The van der Waals surface area contributed by atoms with Crippen molar-refractivity contribution in [3.05, 3.63) is 0 Å². The van der Waals surface area contributed by atoms with E-state index in [4.69, 9.17) is 10.8 Å². The topological polar surface area (TPSA) is 92.4 Å². The van der Waals surface area contributed by atoms with Crippen molar-refractivity contribution in [1.29, 1.82) is 0 Å². The van der Waals surface area contributed by atoms with E-state index in [0.717, 1.165) is 0 Å². The van der Waals surface area contributed by atoms with Crippen LogP contribution in [0.3, 0.4) is 0 Å². The smallest absolute Gasteiger partial charge is 0.326 e. The summed E-state index contributed by atoms with van der Waals surface area (Å²) >= 11 is 1.54. The highest BCUT2D eigenvalue weighted by Crippen LogP contribution is 2.01. The molecule has 0 unspecified atom stereocenters. The number of hydrogen-bond donors (Lipinski definition) is 3. The Morgan fingerprint density at radius 3 is 2.53 bits per heavy atom. The summed E-state index contributed by atoms with van der Waals surface area (Å²) in [6.07, 6.45) is 2.80. The fourth-order valence-corrected chi connectivity index (χ4v) is 1.43. The molecule has 0 aromatic heterocycles. The summed E-state index contributed by atoms with van der Waals surface area (Å²) in [5.41, 5.74) is 5.48. The summed E-state index contributed by atoms with van der Waals surface area (Å²) in [4.78, 5) is 22.1. The van der Waals surface area contributed by atoms with Crippen LogP contribution in [-0.4, -0.2) is 41.1 Å². The average molecular weight is 234 g/mol. The molecule has 0 aromatic carbocycles. The van der Waals surface area contributed by atoms with Gasteiger partial charge in [-0.05, 0) is 24.9 Å². The second-order valence-corrected chi connectivity index (χ2v) is 4.18. The first kappa shape index (κ1) is 14.2. The van der Waals surface area contributed by atoms with E-state index in [0.29, 0.717) is 18.6 Å². The molecule has 0 bridgehead atoms. The molecule has 4 N–H and O–H groups in total. The van der Waals surface area contributed by atoms with Gasteiger partial charge >= 0.3 is 5.97 Å². The Hall–Kier alpha value is -0.750. The monoisotopic (exact) mass is 234 g/mol. The highest BCUT2D eigenvalue weighted by atomic mass is 32.2. The van der Waals surface area contributed by atoms with Crippen LogP contribution in [0.2, 0.25) is 0 Å². The maximum Gasteiger partial charge on any atom is 0.326 e. The van der Waals surface area contributed by atoms with E-state index in [9.17, 15) is 9.59 Å². The van der Waals surface area contributed by atoms with Gasteiger partial charge in [0, 0.05) is 0 Å². The summed E-state index contributed by atoms with van der Waals surface area (Å²) < 4.78 is 0. The van der Waals surface area contributed by atoms with Crippen molar-refractivity contribution in [2.45, 2.75) is 31.8 Å². The lowest BCUT2D eigenvalue weighted by Gasteiger charge is -2.16. The van der Waals surface area contributed by atoms with Crippen LogP contribution in [0.25, 0.3) is 0 Å². The summed E-state index contributed by atoms with van der Waals surface area (Å²) in [5, 5.41) is 11.3. The largest absolute Gasteiger partial charge is 0.480 e. The Labute approximate surface area is 93.8 Å². The molecule has 0 spiro atoms.